The van der Waals surface area contributed by atoms with Crippen molar-refractivity contribution >= 4 is 29.9 Å². The zero-order valence-corrected chi connectivity index (χ0v) is 38.5. The molecule has 2 unspecified atom stereocenters. The monoisotopic (exact) mass is 910 g/mol. The number of aryl methyl sites for hydroxylation is 2. The first kappa shape index (κ1) is 48.7. The summed E-state index contributed by atoms with van der Waals surface area (Å²) in [7, 11) is 4.14. The number of rotatable bonds is 12. The molecule has 2 fully saturated rings. The lowest BCUT2D eigenvalue weighted by molar-refractivity contribution is 0.0240. The van der Waals surface area contributed by atoms with Gasteiger partial charge in [0, 0.05) is 101 Å². The summed E-state index contributed by atoms with van der Waals surface area (Å²) in [4.78, 5) is 23.4. The van der Waals surface area contributed by atoms with Crippen molar-refractivity contribution < 1.29 is 36.6 Å². The number of nitrogens with zero attached hydrogens (tertiary/aromatic N) is 5. The predicted octanol–water partition coefficient (Wildman–Crippen LogP) is 8.81. The molecule has 10 nitrogen and oxygen atoms in total. The standard InChI is InChI=1S/C27H35F2N3O3.C22H27F2N3O.ClH/c1-27(2,3)35-26(33)32-13-11-31(12-14-32)21-8-5-19-6-9-24(22(19)18-21)30(4)15-16-34-25-10-7-20(28)17-23(25)29;1-26(12-13-28-22-7-4-17(23)14-20(22)24)21-6-3-16-2-5-18(15-19(16)21)27-10-8-25-9-11-27;/h5,7-8,10,17-18,24H,6,9,11-16H2,1-4H3;2,4-5,7,14-15,21,25H,3,6,8-13H2,1H3;1H. The van der Waals surface area contributed by atoms with Crippen LogP contribution in [0.2, 0.25) is 0 Å². The highest BCUT2D eigenvalue weighted by atomic mass is 35.5. The van der Waals surface area contributed by atoms with Gasteiger partial charge >= 0.3 is 6.09 Å². The topological polar surface area (TPSA) is 73.0 Å². The minimum atomic E-state index is -0.685. The van der Waals surface area contributed by atoms with E-state index in [0.29, 0.717) is 45.4 Å². The Balaban J connectivity index is 0.000000214. The van der Waals surface area contributed by atoms with Gasteiger partial charge in [-0.15, -0.1) is 12.4 Å². The molecule has 1 amide bonds. The predicted molar refractivity (Wildman–Crippen MR) is 246 cm³/mol. The summed E-state index contributed by atoms with van der Waals surface area (Å²) in [5.41, 5.74) is 7.44. The molecule has 4 aliphatic rings. The lowest BCUT2D eigenvalue weighted by Gasteiger charge is -2.37. The van der Waals surface area contributed by atoms with Crippen LogP contribution in [-0.4, -0.2) is 119 Å². The van der Waals surface area contributed by atoms with Gasteiger partial charge in [-0.3, -0.25) is 9.80 Å². The maximum atomic E-state index is 13.8. The number of carbonyl (C=O) groups excluding carboxylic acids is 1. The molecule has 2 aliphatic carbocycles. The molecule has 2 heterocycles. The first-order chi connectivity index (χ1) is 30.2. The number of amides is 1. The van der Waals surface area contributed by atoms with E-state index in [1.807, 2.05) is 20.8 Å². The van der Waals surface area contributed by atoms with Crippen molar-refractivity contribution in [3.8, 4) is 11.5 Å². The number of hydrogen-bond donors (Lipinski definition) is 1. The van der Waals surface area contributed by atoms with Crippen LogP contribution in [0.15, 0.2) is 72.8 Å². The molecule has 0 radical (unpaired) electrons. The van der Waals surface area contributed by atoms with Crippen LogP contribution in [0.25, 0.3) is 0 Å². The fraction of sp³-hybridized carbons (Fsp3) is 0.490. The van der Waals surface area contributed by atoms with Gasteiger partial charge in [0.25, 0.3) is 0 Å². The number of piperazine rings is 2. The first-order valence-electron chi connectivity index (χ1n) is 22.2. The van der Waals surface area contributed by atoms with E-state index >= 15 is 0 Å². The summed E-state index contributed by atoms with van der Waals surface area (Å²) in [5, 5.41) is 3.40. The maximum absolute atomic E-state index is 13.8. The Bertz CT molecular complexity index is 2180. The minimum absolute atomic E-state index is 0. The third kappa shape index (κ3) is 12.5. The Labute approximate surface area is 381 Å². The molecule has 1 N–H and O–H groups in total. The van der Waals surface area contributed by atoms with Crippen molar-refractivity contribution in [2.45, 2.75) is 64.1 Å². The van der Waals surface area contributed by atoms with E-state index in [2.05, 4.69) is 75.4 Å². The molecule has 2 aliphatic heterocycles. The highest BCUT2D eigenvalue weighted by Gasteiger charge is 2.30. The fourth-order valence-electron chi connectivity index (χ4n) is 8.94. The zero-order chi connectivity index (χ0) is 44.7. The van der Waals surface area contributed by atoms with Gasteiger partial charge in [-0.2, -0.15) is 0 Å². The van der Waals surface area contributed by atoms with Crippen LogP contribution >= 0.6 is 12.4 Å². The third-order valence-electron chi connectivity index (χ3n) is 12.4. The van der Waals surface area contributed by atoms with E-state index in [0.717, 1.165) is 82.8 Å². The Morgan fingerprint density at radius 3 is 1.55 bits per heavy atom. The molecule has 2 saturated heterocycles. The van der Waals surface area contributed by atoms with E-state index in [-0.39, 0.29) is 36.0 Å². The van der Waals surface area contributed by atoms with Crippen molar-refractivity contribution in [2.24, 2.45) is 0 Å². The van der Waals surface area contributed by atoms with E-state index in [1.165, 1.54) is 52.2 Å². The van der Waals surface area contributed by atoms with E-state index in [1.54, 1.807) is 4.90 Å². The summed E-state index contributed by atoms with van der Waals surface area (Å²) in [6.45, 7) is 14.5. The van der Waals surface area contributed by atoms with Crippen molar-refractivity contribution in [1.82, 2.24) is 20.0 Å². The van der Waals surface area contributed by atoms with Crippen LogP contribution in [0.5, 0.6) is 11.5 Å². The molecule has 64 heavy (non-hydrogen) atoms. The Morgan fingerprint density at radius 1 is 0.656 bits per heavy atom. The highest BCUT2D eigenvalue weighted by Crippen LogP contribution is 2.39. The van der Waals surface area contributed by atoms with Crippen LogP contribution in [0.3, 0.4) is 0 Å². The van der Waals surface area contributed by atoms with Gasteiger partial charge in [0.1, 0.15) is 30.4 Å². The number of ether oxygens (including phenoxy) is 3. The summed E-state index contributed by atoms with van der Waals surface area (Å²) in [6, 6.07) is 20.9. The summed E-state index contributed by atoms with van der Waals surface area (Å²) < 4.78 is 70.2. The highest BCUT2D eigenvalue weighted by molar-refractivity contribution is 5.85. The number of likely N-dealkylation sites (N-methyl/N-ethyl adjacent to an activating group) is 2. The molecule has 0 saturated carbocycles. The maximum Gasteiger partial charge on any atom is 0.410 e. The summed E-state index contributed by atoms with van der Waals surface area (Å²) in [6.07, 6.45) is 3.95. The quantitative estimate of drug-likeness (QED) is 0.141. The van der Waals surface area contributed by atoms with Crippen LogP contribution in [0.1, 0.15) is 68.0 Å². The molecule has 2 atom stereocenters. The van der Waals surface area contributed by atoms with Gasteiger partial charge in [0.2, 0.25) is 0 Å². The van der Waals surface area contributed by atoms with Gasteiger partial charge in [0.15, 0.2) is 23.1 Å². The smallest absolute Gasteiger partial charge is 0.410 e. The van der Waals surface area contributed by atoms with E-state index in [9.17, 15) is 22.4 Å². The molecule has 15 heteroatoms. The largest absolute Gasteiger partial charge is 0.489 e. The van der Waals surface area contributed by atoms with Gasteiger partial charge in [-0.1, -0.05) is 12.1 Å². The molecular weight excluding hydrogens is 848 g/mol. The van der Waals surface area contributed by atoms with Crippen molar-refractivity contribution in [1.29, 1.82) is 0 Å². The van der Waals surface area contributed by atoms with Crippen molar-refractivity contribution in [3.05, 3.63) is 118 Å². The second-order valence-corrected chi connectivity index (χ2v) is 17.9. The van der Waals surface area contributed by atoms with Gasteiger partial charge in [-0.05, 0) is 131 Å². The average molecular weight is 912 g/mol. The normalized spacial score (nSPS) is 18.3. The number of nitrogens with one attached hydrogen (secondary N) is 1. The molecule has 4 aromatic rings. The van der Waals surface area contributed by atoms with E-state index in [4.69, 9.17) is 14.2 Å². The second kappa shape index (κ2) is 21.9. The Hall–Kier alpha value is -4.76. The molecule has 8 rings (SSSR count). The number of fused-ring (bicyclic) bond motifs is 2. The first-order valence-corrected chi connectivity index (χ1v) is 22.2. The van der Waals surface area contributed by atoms with Crippen molar-refractivity contribution in [3.63, 3.8) is 0 Å². The Kier molecular flexibility index (Phi) is 16.7. The Morgan fingerprint density at radius 2 is 1.11 bits per heavy atom. The minimum Gasteiger partial charge on any atom is -0.489 e. The average Bonchev–Trinajstić information content (AvgIpc) is 3.89. The molecule has 348 valence electrons. The summed E-state index contributed by atoms with van der Waals surface area (Å²) >= 11 is 0. The molecular formula is C49H63ClF4N6O4. The van der Waals surface area contributed by atoms with E-state index < -0.39 is 28.9 Å². The third-order valence-corrected chi connectivity index (χ3v) is 12.4. The number of anilines is 2. The molecule has 0 bridgehead atoms. The van der Waals surface area contributed by atoms with Crippen LogP contribution < -0.4 is 24.6 Å². The number of benzene rings is 4. The van der Waals surface area contributed by atoms with Crippen LogP contribution in [-0.2, 0) is 17.6 Å². The molecule has 0 spiro atoms. The second-order valence-electron chi connectivity index (χ2n) is 17.9. The number of hydrogen-bond acceptors (Lipinski definition) is 9. The van der Waals surface area contributed by atoms with Gasteiger partial charge < -0.3 is 34.2 Å². The van der Waals surface area contributed by atoms with Gasteiger partial charge in [-0.25, -0.2) is 22.4 Å². The van der Waals surface area contributed by atoms with Crippen molar-refractivity contribution in [2.75, 3.05) is 103 Å². The SMILES string of the molecule is CN(CCOc1ccc(F)cc1F)C1CCc2ccc(N3CCN(C(=O)OC(C)(C)C)CC3)cc21.CN(CCOc1ccc(F)cc1F)C1CCc2ccc(N3CCNCC3)cc21.Cl. The van der Waals surface area contributed by atoms with Crippen LogP contribution in [0.4, 0.5) is 33.7 Å². The molecule has 0 aromatic heterocycles. The summed E-state index contributed by atoms with van der Waals surface area (Å²) in [5.74, 6) is -2.38. The number of halogens is 5. The fourth-order valence-corrected chi connectivity index (χ4v) is 8.94. The lowest BCUT2D eigenvalue weighted by atomic mass is 10.1. The lowest BCUT2D eigenvalue weighted by Crippen LogP contribution is -2.50. The van der Waals surface area contributed by atoms with Crippen LogP contribution in [0, 0.1) is 23.3 Å². The zero-order valence-electron chi connectivity index (χ0n) is 37.7. The molecule has 4 aromatic carbocycles. The van der Waals surface area contributed by atoms with Gasteiger partial charge in [0.05, 0.1) is 0 Å². The number of carbonyl (C=O) groups is 1.